The van der Waals surface area contributed by atoms with E-state index >= 15 is 4.39 Å². The topological polar surface area (TPSA) is 86.8 Å². The van der Waals surface area contributed by atoms with Gasteiger partial charge in [0.2, 0.25) is 11.8 Å². The lowest BCUT2D eigenvalue weighted by molar-refractivity contribution is -0.140. The molecular formula is C36H40FN3O4S. The Morgan fingerprint density at radius 2 is 1.36 bits per heavy atom. The molecule has 0 radical (unpaired) electrons. The van der Waals surface area contributed by atoms with Crippen LogP contribution in [0.15, 0.2) is 108 Å². The van der Waals surface area contributed by atoms with E-state index in [-0.39, 0.29) is 35.4 Å². The first-order chi connectivity index (χ1) is 21.5. The first-order valence-electron chi connectivity index (χ1n) is 15.0. The summed E-state index contributed by atoms with van der Waals surface area (Å²) in [5.41, 5.74) is 3.22. The number of hydrogen-bond acceptors (Lipinski definition) is 4. The molecule has 7 nitrogen and oxygen atoms in total. The van der Waals surface area contributed by atoms with Crippen LogP contribution in [0.4, 0.5) is 10.1 Å². The van der Waals surface area contributed by atoms with E-state index in [4.69, 9.17) is 0 Å². The van der Waals surface area contributed by atoms with Crippen molar-refractivity contribution in [3.05, 3.63) is 131 Å². The van der Waals surface area contributed by atoms with Gasteiger partial charge in [0.25, 0.3) is 10.0 Å². The number of rotatable bonds is 13. The molecule has 4 aromatic rings. The molecule has 0 spiro atoms. The van der Waals surface area contributed by atoms with Crippen molar-refractivity contribution in [1.82, 2.24) is 10.2 Å². The summed E-state index contributed by atoms with van der Waals surface area (Å²) < 4.78 is 44.1. The zero-order chi connectivity index (χ0) is 32.6. The van der Waals surface area contributed by atoms with Crippen LogP contribution in [0.2, 0.25) is 0 Å². The van der Waals surface area contributed by atoms with Crippen LogP contribution in [-0.4, -0.2) is 44.3 Å². The Morgan fingerprint density at radius 1 is 0.778 bits per heavy atom. The number of para-hydroxylation sites is 1. The molecular weight excluding hydrogens is 589 g/mol. The van der Waals surface area contributed by atoms with Gasteiger partial charge in [0.1, 0.15) is 18.4 Å². The van der Waals surface area contributed by atoms with Gasteiger partial charge in [-0.15, -0.1) is 0 Å². The second kappa shape index (κ2) is 15.0. The number of carbonyl (C=O) groups is 2. The Kier molecular flexibility index (Phi) is 11.1. The van der Waals surface area contributed by atoms with Gasteiger partial charge in [0.15, 0.2) is 0 Å². The standard InChI is InChI=1S/C36H40FN3O4S/c1-26(2)23-38-36(42)34(22-29-10-6-5-7-11-29)39(24-30-18-14-27(3)15-19-30)35(41)25-40(33-13-9-8-12-32(33)37)45(43,44)31-20-16-28(4)17-21-31/h5-21,26,34H,22-25H2,1-4H3,(H,38,42)/t34-/m0/s1. The van der Waals surface area contributed by atoms with Gasteiger partial charge in [0.05, 0.1) is 10.6 Å². The fraction of sp³-hybridized carbons (Fsp3) is 0.278. The Balaban J connectivity index is 1.80. The molecule has 1 atom stereocenters. The van der Waals surface area contributed by atoms with Gasteiger partial charge in [-0.05, 0) is 55.2 Å². The molecule has 236 valence electrons. The molecule has 0 heterocycles. The fourth-order valence-corrected chi connectivity index (χ4v) is 6.29. The molecule has 0 aliphatic heterocycles. The van der Waals surface area contributed by atoms with Crippen molar-refractivity contribution in [2.75, 3.05) is 17.4 Å². The maximum absolute atomic E-state index is 15.2. The highest BCUT2D eigenvalue weighted by Crippen LogP contribution is 2.27. The molecule has 0 bridgehead atoms. The lowest BCUT2D eigenvalue weighted by Gasteiger charge is -2.34. The lowest BCUT2D eigenvalue weighted by Crippen LogP contribution is -2.53. The fourth-order valence-electron chi connectivity index (χ4n) is 4.87. The molecule has 9 heteroatoms. The Hall–Kier alpha value is -4.50. The summed E-state index contributed by atoms with van der Waals surface area (Å²) in [6, 6.07) is 27.6. The first kappa shape index (κ1) is 33.4. The maximum Gasteiger partial charge on any atom is 0.264 e. The predicted octanol–water partition coefficient (Wildman–Crippen LogP) is 6.05. The first-order valence-corrected chi connectivity index (χ1v) is 16.4. The SMILES string of the molecule is Cc1ccc(CN(C(=O)CN(c2ccccc2F)S(=O)(=O)c2ccc(C)cc2)[C@@H](Cc2ccccc2)C(=O)NCC(C)C)cc1. The minimum absolute atomic E-state index is 0.0431. The van der Waals surface area contributed by atoms with Gasteiger partial charge in [0, 0.05) is 19.5 Å². The summed E-state index contributed by atoms with van der Waals surface area (Å²) in [5.74, 6) is -1.62. The van der Waals surface area contributed by atoms with E-state index in [9.17, 15) is 18.0 Å². The van der Waals surface area contributed by atoms with Crippen molar-refractivity contribution >= 4 is 27.5 Å². The van der Waals surface area contributed by atoms with E-state index in [1.54, 1.807) is 12.1 Å². The molecule has 2 amide bonds. The molecule has 4 rings (SSSR count). The van der Waals surface area contributed by atoms with Crippen LogP contribution < -0.4 is 9.62 Å². The summed E-state index contributed by atoms with van der Waals surface area (Å²) in [6.07, 6.45) is 0.201. The smallest absolute Gasteiger partial charge is 0.264 e. The number of halogens is 1. The molecule has 0 saturated carbocycles. The summed E-state index contributed by atoms with van der Waals surface area (Å²) in [6.45, 7) is 7.46. The van der Waals surface area contributed by atoms with E-state index in [1.165, 1.54) is 35.2 Å². The van der Waals surface area contributed by atoms with Crippen molar-refractivity contribution in [2.24, 2.45) is 5.92 Å². The number of aryl methyl sites for hydroxylation is 2. The van der Waals surface area contributed by atoms with Crippen LogP contribution in [0.5, 0.6) is 0 Å². The number of anilines is 1. The maximum atomic E-state index is 15.2. The zero-order valence-corrected chi connectivity index (χ0v) is 26.9. The van der Waals surface area contributed by atoms with E-state index in [0.29, 0.717) is 6.54 Å². The number of carbonyl (C=O) groups excluding carboxylic acids is 2. The van der Waals surface area contributed by atoms with Crippen LogP contribution in [0, 0.1) is 25.6 Å². The molecule has 0 unspecified atom stereocenters. The third kappa shape index (κ3) is 8.79. The van der Waals surface area contributed by atoms with Crippen LogP contribution in [0.3, 0.4) is 0 Å². The normalized spacial score (nSPS) is 12.0. The summed E-state index contributed by atoms with van der Waals surface area (Å²) in [5, 5.41) is 2.96. The summed E-state index contributed by atoms with van der Waals surface area (Å²) in [7, 11) is -4.38. The third-order valence-corrected chi connectivity index (χ3v) is 9.21. The summed E-state index contributed by atoms with van der Waals surface area (Å²) in [4.78, 5) is 29.6. The van der Waals surface area contributed by atoms with E-state index in [1.807, 2.05) is 82.3 Å². The van der Waals surface area contributed by atoms with Crippen molar-refractivity contribution in [1.29, 1.82) is 0 Å². The molecule has 45 heavy (non-hydrogen) atoms. The molecule has 1 N–H and O–H groups in total. The van der Waals surface area contributed by atoms with E-state index in [0.717, 1.165) is 32.6 Å². The number of nitrogens with zero attached hydrogens (tertiary/aromatic N) is 2. The minimum atomic E-state index is -4.38. The Bertz CT molecular complexity index is 1690. The van der Waals surface area contributed by atoms with Crippen molar-refractivity contribution in [2.45, 2.75) is 51.6 Å². The lowest BCUT2D eigenvalue weighted by atomic mass is 10.0. The average Bonchev–Trinajstić information content (AvgIpc) is 3.02. The summed E-state index contributed by atoms with van der Waals surface area (Å²) >= 11 is 0. The number of hydrogen-bond donors (Lipinski definition) is 1. The van der Waals surface area contributed by atoms with Crippen LogP contribution in [0.1, 0.15) is 36.1 Å². The predicted molar refractivity (Wildman–Crippen MR) is 176 cm³/mol. The molecule has 0 fully saturated rings. The molecule has 0 aliphatic carbocycles. The number of nitrogens with one attached hydrogen (secondary N) is 1. The van der Waals surface area contributed by atoms with E-state index in [2.05, 4.69) is 5.32 Å². The molecule has 0 aliphatic rings. The minimum Gasteiger partial charge on any atom is -0.354 e. The number of sulfonamides is 1. The van der Waals surface area contributed by atoms with Gasteiger partial charge in [-0.2, -0.15) is 0 Å². The third-order valence-electron chi connectivity index (χ3n) is 7.44. The molecule has 4 aromatic carbocycles. The molecule has 0 saturated heterocycles. The highest BCUT2D eigenvalue weighted by molar-refractivity contribution is 7.92. The number of amides is 2. The van der Waals surface area contributed by atoms with Crippen LogP contribution in [0.25, 0.3) is 0 Å². The van der Waals surface area contributed by atoms with E-state index < -0.39 is 34.3 Å². The molecule has 0 aromatic heterocycles. The highest BCUT2D eigenvalue weighted by atomic mass is 32.2. The quantitative estimate of drug-likeness (QED) is 0.195. The largest absolute Gasteiger partial charge is 0.354 e. The highest BCUT2D eigenvalue weighted by Gasteiger charge is 2.35. The average molecular weight is 630 g/mol. The van der Waals surface area contributed by atoms with Gasteiger partial charge >= 0.3 is 0 Å². The van der Waals surface area contributed by atoms with Crippen LogP contribution >= 0.6 is 0 Å². The zero-order valence-electron chi connectivity index (χ0n) is 26.1. The Labute approximate surface area is 265 Å². The van der Waals surface area contributed by atoms with Gasteiger partial charge < -0.3 is 10.2 Å². The number of benzene rings is 4. The van der Waals surface area contributed by atoms with Gasteiger partial charge in [-0.25, -0.2) is 12.8 Å². The monoisotopic (exact) mass is 629 g/mol. The second-order valence-electron chi connectivity index (χ2n) is 11.6. The van der Waals surface area contributed by atoms with Crippen LogP contribution in [-0.2, 0) is 32.6 Å². The van der Waals surface area contributed by atoms with Crippen molar-refractivity contribution in [3.63, 3.8) is 0 Å². The van der Waals surface area contributed by atoms with Gasteiger partial charge in [-0.3, -0.25) is 13.9 Å². The Morgan fingerprint density at radius 3 is 1.96 bits per heavy atom. The van der Waals surface area contributed by atoms with Crippen molar-refractivity contribution < 1.29 is 22.4 Å². The van der Waals surface area contributed by atoms with Crippen molar-refractivity contribution in [3.8, 4) is 0 Å². The van der Waals surface area contributed by atoms with Gasteiger partial charge in [-0.1, -0.05) is 104 Å². The second-order valence-corrected chi connectivity index (χ2v) is 13.5.